The summed E-state index contributed by atoms with van der Waals surface area (Å²) < 4.78 is 5.31. The van der Waals surface area contributed by atoms with Crippen molar-refractivity contribution in [2.75, 3.05) is 0 Å². The molecule has 0 aromatic heterocycles. The van der Waals surface area contributed by atoms with Gasteiger partial charge in [-0.2, -0.15) is 0 Å². The molecule has 4 rings (SSSR count). The molecule has 2 atom stereocenters. The van der Waals surface area contributed by atoms with Crippen LogP contribution in [0.2, 0.25) is 0 Å². The monoisotopic (exact) mass is 271 g/mol. The molecule has 2 amide bonds. The zero-order chi connectivity index (χ0) is 13.9. The van der Waals surface area contributed by atoms with Gasteiger partial charge in [-0.3, -0.25) is 14.5 Å². The van der Waals surface area contributed by atoms with Gasteiger partial charge in [0.15, 0.2) is 5.54 Å². The van der Waals surface area contributed by atoms with Gasteiger partial charge < -0.3 is 4.74 Å². The normalized spacial score (nSPS) is 31.5. The van der Waals surface area contributed by atoms with E-state index in [9.17, 15) is 14.4 Å². The Balaban J connectivity index is 1.83. The van der Waals surface area contributed by atoms with Gasteiger partial charge in [0.2, 0.25) is 0 Å². The zero-order valence-corrected chi connectivity index (χ0v) is 10.8. The van der Waals surface area contributed by atoms with Crippen molar-refractivity contribution in [1.29, 1.82) is 0 Å². The Labute approximate surface area is 115 Å². The van der Waals surface area contributed by atoms with Crippen molar-refractivity contribution in [2.45, 2.75) is 37.3 Å². The lowest BCUT2D eigenvalue weighted by atomic mass is 9.81. The summed E-state index contributed by atoms with van der Waals surface area (Å²) in [4.78, 5) is 38.5. The quantitative estimate of drug-likeness (QED) is 0.574. The molecule has 1 saturated heterocycles. The first-order valence-electron chi connectivity index (χ1n) is 6.82. The second kappa shape index (κ2) is 3.69. The smallest absolute Gasteiger partial charge is 0.333 e. The average Bonchev–Trinajstić information content (AvgIpc) is 2.84. The summed E-state index contributed by atoms with van der Waals surface area (Å²) in [6.45, 7) is 0. The Bertz CT molecular complexity index is 618. The molecule has 3 aliphatic rings. The third-order valence-corrected chi connectivity index (χ3v) is 4.56. The summed E-state index contributed by atoms with van der Waals surface area (Å²) in [5, 5.41) is 0. The molecule has 2 bridgehead atoms. The Kier molecular flexibility index (Phi) is 2.14. The van der Waals surface area contributed by atoms with E-state index in [1.54, 1.807) is 24.3 Å². The van der Waals surface area contributed by atoms with Gasteiger partial charge in [0, 0.05) is 6.42 Å². The van der Waals surface area contributed by atoms with Crippen LogP contribution in [0.3, 0.4) is 0 Å². The van der Waals surface area contributed by atoms with Gasteiger partial charge in [-0.1, -0.05) is 12.1 Å². The fourth-order valence-corrected chi connectivity index (χ4v) is 3.62. The Morgan fingerprint density at radius 1 is 1.10 bits per heavy atom. The molecule has 5 heteroatoms. The number of ether oxygens (including phenoxy) is 1. The highest BCUT2D eigenvalue weighted by molar-refractivity contribution is 6.23. The number of carbonyl (C=O) groups is 3. The Morgan fingerprint density at radius 3 is 2.40 bits per heavy atom. The lowest BCUT2D eigenvalue weighted by Crippen LogP contribution is -2.55. The highest BCUT2D eigenvalue weighted by atomic mass is 16.6. The zero-order valence-electron chi connectivity index (χ0n) is 10.8. The molecule has 1 saturated carbocycles. The second-order valence-corrected chi connectivity index (χ2v) is 5.65. The Hall–Kier alpha value is -2.17. The van der Waals surface area contributed by atoms with Crippen LogP contribution in [0.15, 0.2) is 24.3 Å². The fraction of sp³-hybridized carbons (Fsp3) is 0.400. The van der Waals surface area contributed by atoms with Crippen LogP contribution in [0, 0.1) is 0 Å². The molecular weight excluding hydrogens is 258 g/mol. The van der Waals surface area contributed by atoms with E-state index in [0.717, 1.165) is 17.7 Å². The summed E-state index contributed by atoms with van der Waals surface area (Å²) >= 11 is 0. The predicted octanol–water partition coefficient (Wildman–Crippen LogP) is 1.52. The van der Waals surface area contributed by atoms with Gasteiger partial charge in [-0.25, -0.2) is 4.79 Å². The van der Waals surface area contributed by atoms with Crippen LogP contribution >= 0.6 is 0 Å². The minimum absolute atomic E-state index is 0.152. The van der Waals surface area contributed by atoms with Gasteiger partial charge in [0.1, 0.15) is 6.10 Å². The number of amides is 2. The maximum Gasteiger partial charge on any atom is 0.333 e. The number of benzene rings is 1. The molecule has 20 heavy (non-hydrogen) atoms. The SMILES string of the molecule is O=C1c2ccccc2C(=O)N1[C@]12CCC[C@H](C1)OC2=O. The molecule has 2 heterocycles. The van der Waals surface area contributed by atoms with E-state index < -0.39 is 11.5 Å². The maximum absolute atomic E-state index is 12.5. The predicted molar refractivity (Wildman–Crippen MR) is 68.0 cm³/mol. The lowest BCUT2D eigenvalue weighted by Gasteiger charge is -2.35. The summed E-state index contributed by atoms with van der Waals surface area (Å²) in [7, 11) is 0. The van der Waals surface area contributed by atoms with Crippen molar-refractivity contribution < 1.29 is 19.1 Å². The molecule has 1 aromatic carbocycles. The third-order valence-electron chi connectivity index (χ3n) is 4.56. The van der Waals surface area contributed by atoms with E-state index in [0.29, 0.717) is 24.0 Å². The van der Waals surface area contributed by atoms with Crippen molar-refractivity contribution in [2.24, 2.45) is 0 Å². The van der Waals surface area contributed by atoms with Gasteiger partial charge in [0.05, 0.1) is 11.1 Å². The number of nitrogens with zero attached hydrogens (tertiary/aromatic N) is 1. The third kappa shape index (κ3) is 1.25. The van der Waals surface area contributed by atoms with Crippen LogP contribution in [0.5, 0.6) is 0 Å². The van der Waals surface area contributed by atoms with Crippen molar-refractivity contribution >= 4 is 17.8 Å². The minimum atomic E-state index is -1.07. The first kappa shape index (κ1) is 11.6. The van der Waals surface area contributed by atoms with E-state index in [1.165, 1.54) is 0 Å². The van der Waals surface area contributed by atoms with E-state index in [-0.39, 0.29) is 17.9 Å². The van der Waals surface area contributed by atoms with E-state index in [1.807, 2.05) is 0 Å². The van der Waals surface area contributed by atoms with E-state index in [2.05, 4.69) is 0 Å². The lowest BCUT2D eigenvalue weighted by molar-refractivity contribution is -0.147. The van der Waals surface area contributed by atoms with Crippen molar-refractivity contribution in [3.8, 4) is 0 Å². The van der Waals surface area contributed by atoms with E-state index >= 15 is 0 Å². The largest absolute Gasteiger partial charge is 0.461 e. The van der Waals surface area contributed by atoms with Gasteiger partial charge in [-0.15, -0.1) is 0 Å². The molecule has 0 spiro atoms. The standard InChI is InChI=1S/C15H13NO4/c17-12-10-5-1-2-6-11(10)13(18)16(12)15-7-3-4-9(8-15)20-14(15)19/h1-2,5-6,9H,3-4,7-8H2/t9-,15-/m1/s1. The summed E-state index contributed by atoms with van der Waals surface area (Å²) in [6.07, 6.45) is 2.41. The highest BCUT2D eigenvalue weighted by Crippen LogP contribution is 2.45. The second-order valence-electron chi connectivity index (χ2n) is 5.65. The number of hydrogen-bond donors (Lipinski definition) is 0. The van der Waals surface area contributed by atoms with Crippen LogP contribution in [0.1, 0.15) is 46.4 Å². The van der Waals surface area contributed by atoms with Crippen molar-refractivity contribution in [1.82, 2.24) is 4.90 Å². The molecule has 0 unspecified atom stereocenters. The number of carbonyl (C=O) groups excluding carboxylic acids is 3. The van der Waals surface area contributed by atoms with Crippen LogP contribution in [0.25, 0.3) is 0 Å². The van der Waals surface area contributed by atoms with Crippen LogP contribution in [-0.2, 0) is 9.53 Å². The van der Waals surface area contributed by atoms with Gasteiger partial charge in [-0.05, 0) is 31.4 Å². The van der Waals surface area contributed by atoms with Crippen molar-refractivity contribution in [3.05, 3.63) is 35.4 Å². The molecule has 1 aromatic rings. The molecule has 2 aliphatic heterocycles. The average molecular weight is 271 g/mol. The number of esters is 1. The first-order chi connectivity index (χ1) is 9.63. The fourth-order valence-electron chi connectivity index (χ4n) is 3.62. The molecule has 5 nitrogen and oxygen atoms in total. The number of hydrogen-bond acceptors (Lipinski definition) is 4. The highest BCUT2D eigenvalue weighted by Gasteiger charge is 2.60. The summed E-state index contributed by atoms with van der Waals surface area (Å²) in [5.41, 5.74) is -0.307. The molecule has 0 radical (unpaired) electrons. The number of fused-ring (bicyclic) bond motifs is 3. The summed E-state index contributed by atoms with van der Waals surface area (Å²) in [6, 6.07) is 6.71. The van der Waals surface area contributed by atoms with Crippen molar-refractivity contribution in [3.63, 3.8) is 0 Å². The van der Waals surface area contributed by atoms with Crippen LogP contribution in [-0.4, -0.2) is 34.3 Å². The van der Waals surface area contributed by atoms with Gasteiger partial charge in [0.25, 0.3) is 11.8 Å². The molecule has 0 N–H and O–H groups in total. The number of imide groups is 1. The Morgan fingerprint density at radius 2 is 1.75 bits per heavy atom. The van der Waals surface area contributed by atoms with Crippen LogP contribution in [0.4, 0.5) is 0 Å². The first-order valence-corrected chi connectivity index (χ1v) is 6.82. The molecule has 1 aliphatic carbocycles. The number of rotatable bonds is 1. The summed E-state index contributed by atoms with van der Waals surface area (Å²) in [5.74, 6) is -1.16. The maximum atomic E-state index is 12.5. The molecule has 2 fully saturated rings. The van der Waals surface area contributed by atoms with E-state index in [4.69, 9.17) is 4.74 Å². The molecular formula is C15H13NO4. The topological polar surface area (TPSA) is 63.7 Å². The van der Waals surface area contributed by atoms with Crippen LogP contribution < -0.4 is 0 Å². The molecule has 102 valence electrons. The van der Waals surface area contributed by atoms with Gasteiger partial charge >= 0.3 is 5.97 Å². The minimum Gasteiger partial charge on any atom is -0.461 e.